The highest BCUT2D eigenvalue weighted by Gasteiger charge is 2.18. The van der Waals surface area contributed by atoms with Gasteiger partial charge in [0.05, 0.1) is 24.0 Å². The maximum Gasteiger partial charge on any atom is 0.332 e. The molecule has 0 amide bonds. The number of rotatable bonds is 4. The van der Waals surface area contributed by atoms with E-state index in [-0.39, 0.29) is 35.1 Å². The summed E-state index contributed by atoms with van der Waals surface area (Å²) in [6.45, 7) is -0.633. The Hall–Kier alpha value is -4.40. The minimum atomic E-state index is -1.61. The standard InChI is InChI=1S/C25H16F3N3O3/c26-19-10-14(11-20(27)21(19)28)12-30-22-17-6-2-1-4-15(17)7-8-18(22)24(33)31(25(30)34)13-16-5-3-9-29-23(16)32/h1-11H,12-13H2,(H,29,32). The van der Waals surface area contributed by atoms with Crippen LogP contribution in [0.2, 0.25) is 0 Å². The van der Waals surface area contributed by atoms with Crippen molar-refractivity contribution in [1.29, 1.82) is 0 Å². The molecule has 6 nitrogen and oxygen atoms in total. The summed E-state index contributed by atoms with van der Waals surface area (Å²) in [7, 11) is 0. The predicted octanol–water partition coefficient (Wildman–Crippen LogP) is 3.52. The Morgan fingerprint density at radius 2 is 1.50 bits per heavy atom. The van der Waals surface area contributed by atoms with Crippen molar-refractivity contribution in [3.8, 4) is 0 Å². The Balaban J connectivity index is 1.83. The van der Waals surface area contributed by atoms with Gasteiger partial charge in [0.1, 0.15) is 0 Å². The van der Waals surface area contributed by atoms with E-state index in [4.69, 9.17) is 0 Å². The number of nitrogens with one attached hydrogen (secondary N) is 1. The van der Waals surface area contributed by atoms with Gasteiger partial charge in [-0.3, -0.25) is 18.7 Å². The number of hydrogen-bond donors (Lipinski definition) is 1. The van der Waals surface area contributed by atoms with Crippen LogP contribution in [0.1, 0.15) is 11.1 Å². The van der Waals surface area contributed by atoms with Crippen LogP contribution in [0.25, 0.3) is 21.7 Å². The summed E-state index contributed by atoms with van der Waals surface area (Å²) >= 11 is 0. The van der Waals surface area contributed by atoms with Gasteiger partial charge in [-0.1, -0.05) is 36.4 Å². The third-order valence-electron chi connectivity index (χ3n) is 5.72. The molecule has 0 spiro atoms. The number of hydrogen-bond acceptors (Lipinski definition) is 3. The molecular weight excluding hydrogens is 447 g/mol. The van der Waals surface area contributed by atoms with Gasteiger partial charge in [0.25, 0.3) is 11.1 Å². The molecule has 170 valence electrons. The maximum absolute atomic E-state index is 13.9. The molecule has 34 heavy (non-hydrogen) atoms. The molecule has 9 heteroatoms. The molecule has 0 aliphatic heterocycles. The normalized spacial score (nSPS) is 11.4. The lowest BCUT2D eigenvalue weighted by Gasteiger charge is -2.16. The zero-order valence-corrected chi connectivity index (χ0v) is 17.5. The first kappa shape index (κ1) is 21.4. The van der Waals surface area contributed by atoms with Crippen molar-refractivity contribution in [1.82, 2.24) is 14.1 Å². The Morgan fingerprint density at radius 1 is 0.765 bits per heavy atom. The van der Waals surface area contributed by atoms with Crippen LogP contribution in [-0.4, -0.2) is 14.1 Å². The summed E-state index contributed by atoms with van der Waals surface area (Å²) in [6.07, 6.45) is 1.43. The lowest BCUT2D eigenvalue weighted by atomic mass is 10.1. The molecule has 0 unspecified atom stereocenters. The Bertz CT molecular complexity index is 1750. The third kappa shape index (κ3) is 3.51. The summed E-state index contributed by atoms with van der Waals surface area (Å²) in [5.41, 5.74) is -1.38. The van der Waals surface area contributed by atoms with Gasteiger partial charge in [0.2, 0.25) is 0 Å². The van der Waals surface area contributed by atoms with Gasteiger partial charge in [-0.15, -0.1) is 0 Å². The van der Waals surface area contributed by atoms with E-state index in [9.17, 15) is 27.6 Å². The second kappa shape index (κ2) is 8.18. The third-order valence-corrected chi connectivity index (χ3v) is 5.72. The van der Waals surface area contributed by atoms with Crippen LogP contribution in [0.5, 0.6) is 0 Å². The van der Waals surface area contributed by atoms with Gasteiger partial charge in [0, 0.05) is 17.1 Å². The van der Waals surface area contributed by atoms with Gasteiger partial charge in [-0.05, 0) is 35.2 Å². The second-order valence-corrected chi connectivity index (χ2v) is 7.84. The maximum atomic E-state index is 13.9. The number of fused-ring (bicyclic) bond motifs is 3. The molecule has 2 heterocycles. The summed E-state index contributed by atoms with van der Waals surface area (Å²) in [5, 5.41) is 1.52. The first-order valence-electron chi connectivity index (χ1n) is 10.3. The molecule has 0 atom stereocenters. The fourth-order valence-electron chi connectivity index (χ4n) is 4.11. The molecule has 3 aromatic carbocycles. The van der Waals surface area contributed by atoms with E-state index in [1.807, 2.05) is 0 Å². The van der Waals surface area contributed by atoms with Crippen LogP contribution >= 0.6 is 0 Å². The van der Waals surface area contributed by atoms with Crippen molar-refractivity contribution in [3.05, 3.63) is 127 Å². The van der Waals surface area contributed by atoms with Crippen LogP contribution in [0.3, 0.4) is 0 Å². The van der Waals surface area contributed by atoms with Crippen LogP contribution in [0.4, 0.5) is 13.2 Å². The summed E-state index contributed by atoms with van der Waals surface area (Å²) in [4.78, 5) is 41.6. The number of aromatic nitrogens is 3. The van der Waals surface area contributed by atoms with Crippen LogP contribution < -0.4 is 16.8 Å². The second-order valence-electron chi connectivity index (χ2n) is 7.84. The minimum absolute atomic E-state index is 0.00417. The zero-order chi connectivity index (χ0) is 24.0. The zero-order valence-electron chi connectivity index (χ0n) is 17.5. The monoisotopic (exact) mass is 463 g/mol. The Kier molecular flexibility index (Phi) is 5.16. The smallest absolute Gasteiger partial charge is 0.329 e. The van der Waals surface area contributed by atoms with E-state index >= 15 is 0 Å². The van der Waals surface area contributed by atoms with Gasteiger partial charge >= 0.3 is 5.69 Å². The lowest BCUT2D eigenvalue weighted by molar-refractivity contribution is 0.444. The molecule has 5 rings (SSSR count). The highest BCUT2D eigenvalue weighted by Crippen LogP contribution is 2.24. The molecule has 0 bridgehead atoms. The quantitative estimate of drug-likeness (QED) is 0.327. The van der Waals surface area contributed by atoms with Crippen LogP contribution in [0, 0.1) is 17.5 Å². The number of pyridine rings is 1. The number of halogens is 3. The topological polar surface area (TPSA) is 76.9 Å². The molecule has 1 N–H and O–H groups in total. The minimum Gasteiger partial charge on any atom is -0.329 e. The predicted molar refractivity (Wildman–Crippen MR) is 122 cm³/mol. The molecule has 0 fully saturated rings. The van der Waals surface area contributed by atoms with E-state index in [1.165, 1.54) is 16.8 Å². The lowest BCUT2D eigenvalue weighted by Crippen LogP contribution is -2.41. The number of aromatic amines is 1. The Labute approximate surface area is 189 Å². The highest BCUT2D eigenvalue weighted by atomic mass is 19.2. The number of H-pyrrole nitrogens is 1. The molecule has 0 radical (unpaired) electrons. The van der Waals surface area contributed by atoms with E-state index in [0.29, 0.717) is 5.39 Å². The van der Waals surface area contributed by atoms with Crippen molar-refractivity contribution in [2.24, 2.45) is 0 Å². The van der Waals surface area contributed by atoms with Crippen LogP contribution in [-0.2, 0) is 13.1 Å². The SMILES string of the molecule is O=c1[nH]cccc1Cn1c(=O)c2ccc3ccccc3c2n(Cc2cc(F)c(F)c(F)c2)c1=O. The molecule has 2 aromatic heterocycles. The van der Waals surface area contributed by atoms with Gasteiger partial charge in [0.15, 0.2) is 17.5 Å². The van der Waals surface area contributed by atoms with Gasteiger partial charge in [-0.25, -0.2) is 18.0 Å². The van der Waals surface area contributed by atoms with E-state index in [2.05, 4.69) is 4.98 Å². The average Bonchev–Trinajstić information content (AvgIpc) is 2.83. The van der Waals surface area contributed by atoms with Crippen molar-refractivity contribution < 1.29 is 13.2 Å². The van der Waals surface area contributed by atoms with E-state index in [1.54, 1.807) is 42.5 Å². The fraction of sp³-hybridized carbons (Fsp3) is 0.0800. The van der Waals surface area contributed by atoms with E-state index < -0.39 is 34.3 Å². The first-order valence-corrected chi connectivity index (χ1v) is 10.3. The number of nitrogens with zero attached hydrogens (tertiary/aromatic N) is 2. The molecule has 0 saturated carbocycles. The molecule has 0 aliphatic rings. The summed E-state index contributed by atoms with van der Waals surface area (Å²) in [5.74, 6) is -4.39. The largest absolute Gasteiger partial charge is 0.332 e. The number of benzene rings is 3. The Morgan fingerprint density at radius 3 is 2.24 bits per heavy atom. The van der Waals surface area contributed by atoms with Crippen molar-refractivity contribution in [2.45, 2.75) is 13.1 Å². The van der Waals surface area contributed by atoms with Crippen molar-refractivity contribution in [3.63, 3.8) is 0 Å². The summed E-state index contributed by atoms with van der Waals surface area (Å²) < 4.78 is 43.4. The fourth-order valence-corrected chi connectivity index (χ4v) is 4.11. The average molecular weight is 463 g/mol. The highest BCUT2D eigenvalue weighted by molar-refractivity contribution is 6.05. The first-order chi connectivity index (χ1) is 16.3. The molecule has 0 aliphatic carbocycles. The van der Waals surface area contributed by atoms with Crippen molar-refractivity contribution >= 4 is 21.7 Å². The van der Waals surface area contributed by atoms with Crippen LogP contribution in [0.15, 0.2) is 81.2 Å². The molecule has 5 aromatic rings. The molecule has 0 saturated heterocycles. The van der Waals surface area contributed by atoms with Gasteiger partial charge in [-0.2, -0.15) is 0 Å². The van der Waals surface area contributed by atoms with Crippen molar-refractivity contribution in [2.75, 3.05) is 0 Å². The van der Waals surface area contributed by atoms with Gasteiger partial charge < -0.3 is 4.98 Å². The van der Waals surface area contributed by atoms with E-state index in [0.717, 1.165) is 22.1 Å². The molecular formula is C25H16F3N3O3. The summed E-state index contributed by atoms with van der Waals surface area (Å²) in [6, 6.07) is 15.0.